The molecule has 5 rings (SSSR count). The third-order valence-electron chi connectivity index (χ3n) is 5.89. The summed E-state index contributed by atoms with van der Waals surface area (Å²) in [5, 5.41) is 0. The van der Waals surface area contributed by atoms with Gasteiger partial charge in [-0.05, 0) is 31.5 Å². The number of aromatic nitrogens is 2. The predicted molar refractivity (Wildman–Crippen MR) is 111 cm³/mol. The van der Waals surface area contributed by atoms with Crippen LogP contribution in [0.15, 0.2) is 54.6 Å². The van der Waals surface area contributed by atoms with E-state index in [0.717, 1.165) is 35.7 Å². The molecule has 0 bridgehead atoms. The Balaban J connectivity index is 1.65. The van der Waals surface area contributed by atoms with Crippen molar-refractivity contribution in [3.8, 4) is 11.3 Å². The number of carbonyl (C=O) groups is 2. The minimum atomic E-state index is -0.495. The van der Waals surface area contributed by atoms with Crippen molar-refractivity contribution in [2.24, 2.45) is 0 Å². The summed E-state index contributed by atoms with van der Waals surface area (Å²) in [7, 11) is 0. The third-order valence-corrected chi connectivity index (χ3v) is 5.89. The van der Waals surface area contributed by atoms with E-state index in [0.29, 0.717) is 24.3 Å². The SMILES string of the molecule is O=C1C(=O)c2nc(CN3CCCCC3)n(Cc3ccccc3)c2-c2ccccc21. The highest BCUT2D eigenvalue weighted by atomic mass is 16.2. The van der Waals surface area contributed by atoms with Crippen molar-refractivity contribution in [3.63, 3.8) is 0 Å². The van der Waals surface area contributed by atoms with E-state index in [1.165, 1.54) is 19.3 Å². The van der Waals surface area contributed by atoms with Crippen molar-refractivity contribution < 1.29 is 9.59 Å². The highest BCUT2D eigenvalue weighted by Crippen LogP contribution is 2.35. The monoisotopic (exact) mass is 385 g/mol. The first-order chi connectivity index (χ1) is 14.2. The summed E-state index contributed by atoms with van der Waals surface area (Å²) in [6.07, 6.45) is 3.66. The van der Waals surface area contributed by atoms with Crippen LogP contribution in [0, 0.1) is 0 Å². The van der Waals surface area contributed by atoms with E-state index in [9.17, 15) is 9.59 Å². The average Bonchev–Trinajstić information content (AvgIpc) is 3.11. The zero-order valence-electron chi connectivity index (χ0n) is 16.3. The molecule has 2 heterocycles. The molecule has 3 aromatic rings. The molecule has 1 fully saturated rings. The summed E-state index contributed by atoms with van der Waals surface area (Å²) in [6.45, 7) is 3.42. The van der Waals surface area contributed by atoms with Crippen LogP contribution in [0.25, 0.3) is 11.3 Å². The van der Waals surface area contributed by atoms with Gasteiger partial charge >= 0.3 is 0 Å². The number of piperidine rings is 1. The van der Waals surface area contributed by atoms with Gasteiger partial charge in [0.1, 0.15) is 11.5 Å². The maximum absolute atomic E-state index is 12.9. The normalized spacial score (nSPS) is 16.6. The van der Waals surface area contributed by atoms with Gasteiger partial charge in [0.25, 0.3) is 5.78 Å². The standard InChI is InChI=1S/C24H23N3O2/c28-23-19-12-6-5-11-18(19)22-21(24(23)29)25-20(16-26-13-7-2-8-14-26)27(22)15-17-9-3-1-4-10-17/h1,3-6,9-12H,2,7-8,13-16H2. The first kappa shape index (κ1) is 18.0. The Bertz CT molecular complexity index is 1080. The first-order valence-electron chi connectivity index (χ1n) is 10.3. The van der Waals surface area contributed by atoms with Gasteiger partial charge < -0.3 is 4.57 Å². The highest BCUT2D eigenvalue weighted by molar-refractivity contribution is 6.52. The molecule has 29 heavy (non-hydrogen) atoms. The number of carbonyl (C=O) groups excluding carboxylic acids is 2. The lowest BCUT2D eigenvalue weighted by Crippen LogP contribution is -2.30. The maximum atomic E-state index is 12.9. The molecular weight excluding hydrogens is 362 g/mol. The van der Waals surface area contributed by atoms with Crippen LogP contribution in [-0.2, 0) is 13.1 Å². The number of rotatable bonds is 4. The number of ketones is 2. The molecule has 1 saturated heterocycles. The predicted octanol–water partition coefficient (Wildman–Crippen LogP) is 3.96. The summed E-state index contributed by atoms with van der Waals surface area (Å²) < 4.78 is 2.14. The van der Waals surface area contributed by atoms with Gasteiger partial charge in [-0.2, -0.15) is 0 Å². The minimum Gasteiger partial charge on any atom is -0.322 e. The summed E-state index contributed by atoms with van der Waals surface area (Å²) in [4.78, 5) is 32.6. The molecule has 5 heteroatoms. The van der Waals surface area contributed by atoms with E-state index >= 15 is 0 Å². The number of nitrogens with zero attached hydrogens (tertiary/aromatic N) is 3. The van der Waals surface area contributed by atoms with Crippen LogP contribution in [0.3, 0.4) is 0 Å². The molecule has 1 aromatic heterocycles. The molecule has 0 spiro atoms. The molecular formula is C24H23N3O2. The van der Waals surface area contributed by atoms with Crippen molar-refractivity contribution in [1.29, 1.82) is 0 Å². The molecule has 1 aliphatic carbocycles. The van der Waals surface area contributed by atoms with Crippen molar-refractivity contribution in [2.45, 2.75) is 32.4 Å². The number of Topliss-reactive ketones (excluding diaryl/α,β-unsaturated/α-hetero) is 2. The molecule has 0 N–H and O–H groups in total. The fourth-order valence-electron chi connectivity index (χ4n) is 4.42. The number of benzene rings is 2. The van der Waals surface area contributed by atoms with Crippen LogP contribution in [0.5, 0.6) is 0 Å². The third kappa shape index (κ3) is 3.21. The van der Waals surface area contributed by atoms with Crippen LogP contribution < -0.4 is 0 Å². The quantitative estimate of drug-likeness (QED) is 0.638. The van der Waals surface area contributed by atoms with Crippen LogP contribution in [0.2, 0.25) is 0 Å². The van der Waals surface area contributed by atoms with Crippen LogP contribution in [0.4, 0.5) is 0 Å². The first-order valence-corrected chi connectivity index (χ1v) is 10.3. The van der Waals surface area contributed by atoms with Crippen LogP contribution >= 0.6 is 0 Å². The minimum absolute atomic E-state index is 0.302. The summed E-state index contributed by atoms with van der Waals surface area (Å²) >= 11 is 0. The van der Waals surface area contributed by atoms with Gasteiger partial charge in [-0.25, -0.2) is 4.98 Å². The zero-order valence-corrected chi connectivity index (χ0v) is 16.3. The Morgan fingerprint density at radius 2 is 1.45 bits per heavy atom. The second kappa shape index (κ2) is 7.41. The lowest BCUT2D eigenvalue weighted by atomic mass is 9.90. The molecule has 2 aliphatic rings. The Kier molecular flexibility index (Phi) is 4.60. The lowest BCUT2D eigenvalue weighted by Gasteiger charge is -2.26. The smallest absolute Gasteiger partial charge is 0.254 e. The van der Waals surface area contributed by atoms with E-state index in [2.05, 4.69) is 21.6 Å². The number of fused-ring (bicyclic) bond motifs is 3. The number of imidazole rings is 1. The van der Waals surface area contributed by atoms with E-state index in [4.69, 9.17) is 4.98 Å². The number of likely N-dealkylation sites (tertiary alicyclic amines) is 1. The van der Waals surface area contributed by atoms with Gasteiger partial charge in [0, 0.05) is 17.7 Å². The van der Waals surface area contributed by atoms with Crippen LogP contribution in [-0.4, -0.2) is 39.1 Å². The fourth-order valence-corrected chi connectivity index (χ4v) is 4.42. The molecule has 146 valence electrons. The molecule has 0 amide bonds. The highest BCUT2D eigenvalue weighted by Gasteiger charge is 2.36. The van der Waals surface area contributed by atoms with Crippen LogP contribution in [0.1, 0.15) is 51.5 Å². The van der Waals surface area contributed by atoms with Crippen molar-refractivity contribution in [1.82, 2.24) is 14.5 Å². The van der Waals surface area contributed by atoms with Gasteiger partial charge in [-0.15, -0.1) is 0 Å². The van der Waals surface area contributed by atoms with Gasteiger partial charge in [0.15, 0.2) is 0 Å². The summed E-state index contributed by atoms with van der Waals surface area (Å²) in [5.74, 6) is -0.0917. The zero-order chi connectivity index (χ0) is 19.8. The molecule has 1 aliphatic heterocycles. The summed E-state index contributed by atoms with van der Waals surface area (Å²) in [6, 6.07) is 17.6. The van der Waals surface area contributed by atoms with Gasteiger partial charge in [-0.1, -0.05) is 61.0 Å². The lowest BCUT2D eigenvalue weighted by molar-refractivity contribution is 0.0812. The summed E-state index contributed by atoms with van der Waals surface area (Å²) in [5.41, 5.74) is 3.51. The van der Waals surface area contributed by atoms with E-state index in [-0.39, 0.29) is 0 Å². The molecule has 0 radical (unpaired) electrons. The Hall–Kier alpha value is -3.05. The fraction of sp³-hybridized carbons (Fsp3) is 0.292. The Morgan fingerprint density at radius 1 is 0.759 bits per heavy atom. The van der Waals surface area contributed by atoms with Crippen molar-refractivity contribution >= 4 is 11.6 Å². The largest absolute Gasteiger partial charge is 0.322 e. The van der Waals surface area contributed by atoms with Gasteiger partial charge in [0.05, 0.1) is 12.2 Å². The van der Waals surface area contributed by atoms with Crippen molar-refractivity contribution in [3.05, 3.63) is 77.2 Å². The number of hydrogen-bond acceptors (Lipinski definition) is 4. The van der Waals surface area contributed by atoms with E-state index in [1.807, 2.05) is 36.4 Å². The molecule has 0 atom stereocenters. The molecule has 0 unspecified atom stereocenters. The topological polar surface area (TPSA) is 55.2 Å². The Morgan fingerprint density at radius 3 is 2.21 bits per heavy atom. The molecule has 0 saturated carbocycles. The Labute approximate surface area is 170 Å². The number of hydrogen-bond donors (Lipinski definition) is 0. The molecule has 5 nitrogen and oxygen atoms in total. The second-order valence-corrected chi connectivity index (χ2v) is 7.84. The van der Waals surface area contributed by atoms with E-state index in [1.54, 1.807) is 6.07 Å². The molecule has 2 aromatic carbocycles. The average molecular weight is 385 g/mol. The second-order valence-electron chi connectivity index (χ2n) is 7.84. The van der Waals surface area contributed by atoms with Crippen molar-refractivity contribution in [2.75, 3.05) is 13.1 Å². The maximum Gasteiger partial charge on any atom is 0.254 e. The van der Waals surface area contributed by atoms with Gasteiger partial charge in [-0.3, -0.25) is 14.5 Å². The van der Waals surface area contributed by atoms with E-state index < -0.39 is 11.6 Å². The van der Waals surface area contributed by atoms with Gasteiger partial charge in [0.2, 0.25) is 5.78 Å².